The Morgan fingerprint density at radius 1 is 1.22 bits per heavy atom. The molecule has 0 aliphatic heterocycles. The van der Waals surface area contributed by atoms with E-state index in [0.717, 1.165) is 24.1 Å². The van der Waals surface area contributed by atoms with Crippen LogP contribution in [0.25, 0.3) is 0 Å². The predicted octanol–water partition coefficient (Wildman–Crippen LogP) is 3.09. The number of hydrogen-bond acceptors (Lipinski definition) is 4. The van der Waals surface area contributed by atoms with Gasteiger partial charge in [-0.25, -0.2) is 9.97 Å². The Morgan fingerprint density at radius 3 is 2.72 bits per heavy atom. The lowest BCUT2D eigenvalue weighted by atomic mass is 10.2. The van der Waals surface area contributed by atoms with E-state index < -0.39 is 0 Å². The number of hydrogen-bond donors (Lipinski definition) is 1. The molecule has 0 fully saturated rings. The Kier molecular flexibility index (Phi) is 4.47. The fourth-order valence-corrected chi connectivity index (χ4v) is 1.82. The zero-order chi connectivity index (χ0) is 12.8. The SMILES string of the molecule is CCCc1cc(Cl)nc(NCc2ccncc2)n1. The van der Waals surface area contributed by atoms with Crippen LogP contribution in [0.2, 0.25) is 5.15 Å². The lowest BCUT2D eigenvalue weighted by Gasteiger charge is -2.07. The molecule has 0 saturated carbocycles. The van der Waals surface area contributed by atoms with Gasteiger partial charge in [-0.2, -0.15) is 0 Å². The summed E-state index contributed by atoms with van der Waals surface area (Å²) in [6.07, 6.45) is 5.47. The van der Waals surface area contributed by atoms with Crippen molar-refractivity contribution in [3.8, 4) is 0 Å². The monoisotopic (exact) mass is 262 g/mol. The van der Waals surface area contributed by atoms with Crippen LogP contribution in [0.1, 0.15) is 24.6 Å². The molecule has 0 saturated heterocycles. The first-order valence-electron chi connectivity index (χ1n) is 5.94. The van der Waals surface area contributed by atoms with Crippen LogP contribution in [0.3, 0.4) is 0 Å². The standard InChI is InChI=1S/C13H15ClN4/c1-2-3-11-8-12(14)18-13(17-11)16-9-10-4-6-15-7-5-10/h4-8H,2-3,9H2,1H3,(H,16,17,18). The van der Waals surface area contributed by atoms with Crippen LogP contribution < -0.4 is 5.32 Å². The molecule has 0 spiro atoms. The molecule has 0 unspecified atom stereocenters. The van der Waals surface area contributed by atoms with Crippen LogP contribution >= 0.6 is 11.6 Å². The van der Waals surface area contributed by atoms with Gasteiger partial charge in [-0.1, -0.05) is 24.9 Å². The molecule has 0 aliphatic rings. The molecule has 0 bridgehead atoms. The van der Waals surface area contributed by atoms with Gasteiger partial charge in [0.25, 0.3) is 0 Å². The smallest absolute Gasteiger partial charge is 0.224 e. The molecule has 94 valence electrons. The molecule has 0 aliphatic carbocycles. The van der Waals surface area contributed by atoms with Gasteiger partial charge < -0.3 is 5.32 Å². The van der Waals surface area contributed by atoms with Crippen LogP contribution in [-0.4, -0.2) is 15.0 Å². The lowest BCUT2D eigenvalue weighted by Crippen LogP contribution is -2.05. The van der Waals surface area contributed by atoms with Crippen molar-refractivity contribution in [2.45, 2.75) is 26.3 Å². The van der Waals surface area contributed by atoms with Crippen molar-refractivity contribution in [1.29, 1.82) is 0 Å². The summed E-state index contributed by atoms with van der Waals surface area (Å²) in [5, 5.41) is 3.64. The number of aryl methyl sites for hydroxylation is 1. The first-order valence-corrected chi connectivity index (χ1v) is 6.32. The molecule has 2 rings (SSSR count). The third kappa shape index (κ3) is 3.67. The number of aromatic nitrogens is 3. The molecule has 0 atom stereocenters. The van der Waals surface area contributed by atoms with Gasteiger partial charge in [0.05, 0.1) is 0 Å². The Morgan fingerprint density at radius 2 is 2.00 bits per heavy atom. The summed E-state index contributed by atoms with van der Waals surface area (Å²) in [6, 6.07) is 5.71. The quantitative estimate of drug-likeness (QED) is 0.842. The fraction of sp³-hybridized carbons (Fsp3) is 0.308. The van der Waals surface area contributed by atoms with Gasteiger partial charge in [-0.3, -0.25) is 4.98 Å². The molecule has 0 radical (unpaired) electrons. The zero-order valence-electron chi connectivity index (χ0n) is 10.2. The predicted molar refractivity (Wildman–Crippen MR) is 72.6 cm³/mol. The molecule has 2 aromatic rings. The molecule has 2 heterocycles. The summed E-state index contributed by atoms with van der Waals surface area (Å²) in [6.45, 7) is 2.77. The molecule has 4 nitrogen and oxygen atoms in total. The molecular weight excluding hydrogens is 248 g/mol. The van der Waals surface area contributed by atoms with Crippen molar-refractivity contribution in [2.24, 2.45) is 0 Å². The highest BCUT2D eigenvalue weighted by Crippen LogP contribution is 2.12. The van der Waals surface area contributed by atoms with Crippen molar-refractivity contribution in [3.05, 3.63) is 47.0 Å². The first-order chi connectivity index (χ1) is 8.78. The Balaban J connectivity index is 2.05. The topological polar surface area (TPSA) is 50.7 Å². The minimum atomic E-state index is 0.477. The Labute approximate surface area is 111 Å². The minimum absolute atomic E-state index is 0.477. The van der Waals surface area contributed by atoms with E-state index in [1.54, 1.807) is 12.4 Å². The fourth-order valence-electron chi connectivity index (χ4n) is 1.61. The zero-order valence-corrected chi connectivity index (χ0v) is 11.0. The third-order valence-corrected chi connectivity index (χ3v) is 2.65. The summed E-state index contributed by atoms with van der Waals surface area (Å²) in [7, 11) is 0. The average Bonchev–Trinajstić information content (AvgIpc) is 2.37. The van der Waals surface area contributed by atoms with E-state index >= 15 is 0 Å². The molecule has 1 N–H and O–H groups in total. The molecule has 5 heteroatoms. The van der Waals surface area contributed by atoms with Crippen LogP contribution in [0.4, 0.5) is 5.95 Å². The number of nitrogens with one attached hydrogen (secondary N) is 1. The van der Waals surface area contributed by atoms with E-state index in [-0.39, 0.29) is 0 Å². The molecular formula is C13H15ClN4. The summed E-state index contributed by atoms with van der Waals surface area (Å²) in [5.74, 6) is 0.572. The maximum atomic E-state index is 5.97. The van der Waals surface area contributed by atoms with Gasteiger partial charge in [-0.05, 0) is 30.2 Å². The molecule has 0 aromatic carbocycles. The van der Waals surface area contributed by atoms with Crippen LogP contribution in [-0.2, 0) is 13.0 Å². The van der Waals surface area contributed by atoms with Gasteiger partial charge in [-0.15, -0.1) is 0 Å². The molecule has 2 aromatic heterocycles. The maximum Gasteiger partial charge on any atom is 0.224 e. The van der Waals surface area contributed by atoms with Crippen molar-refractivity contribution in [1.82, 2.24) is 15.0 Å². The second-order valence-electron chi connectivity index (χ2n) is 3.96. The number of nitrogens with zero attached hydrogens (tertiary/aromatic N) is 3. The number of halogens is 1. The van der Waals surface area contributed by atoms with Crippen molar-refractivity contribution in [3.63, 3.8) is 0 Å². The number of pyridine rings is 1. The Hall–Kier alpha value is -1.68. The van der Waals surface area contributed by atoms with Gasteiger partial charge in [0.1, 0.15) is 5.15 Å². The second kappa shape index (κ2) is 6.31. The molecule has 0 amide bonds. The minimum Gasteiger partial charge on any atom is -0.350 e. The largest absolute Gasteiger partial charge is 0.350 e. The Bertz CT molecular complexity index is 502. The van der Waals surface area contributed by atoms with Gasteiger partial charge in [0.2, 0.25) is 5.95 Å². The van der Waals surface area contributed by atoms with E-state index in [9.17, 15) is 0 Å². The summed E-state index contributed by atoms with van der Waals surface area (Å²) >= 11 is 5.97. The van der Waals surface area contributed by atoms with E-state index in [2.05, 4.69) is 27.2 Å². The van der Waals surface area contributed by atoms with Gasteiger partial charge in [0.15, 0.2) is 0 Å². The van der Waals surface area contributed by atoms with Crippen LogP contribution in [0.5, 0.6) is 0 Å². The average molecular weight is 263 g/mol. The summed E-state index contributed by atoms with van der Waals surface area (Å²) in [4.78, 5) is 12.5. The second-order valence-corrected chi connectivity index (χ2v) is 4.35. The highest BCUT2D eigenvalue weighted by Gasteiger charge is 2.02. The van der Waals surface area contributed by atoms with Crippen molar-refractivity contribution >= 4 is 17.5 Å². The summed E-state index contributed by atoms with van der Waals surface area (Å²) in [5.41, 5.74) is 2.10. The molecule has 18 heavy (non-hydrogen) atoms. The first kappa shape index (κ1) is 12.8. The van der Waals surface area contributed by atoms with E-state index in [4.69, 9.17) is 11.6 Å². The van der Waals surface area contributed by atoms with Crippen molar-refractivity contribution in [2.75, 3.05) is 5.32 Å². The van der Waals surface area contributed by atoms with E-state index in [0.29, 0.717) is 17.6 Å². The maximum absolute atomic E-state index is 5.97. The van der Waals surface area contributed by atoms with Crippen LogP contribution in [0, 0.1) is 0 Å². The number of anilines is 1. The van der Waals surface area contributed by atoms with Gasteiger partial charge >= 0.3 is 0 Å². The third-order valence-electron chi connectivity index (χ3n) is 2.45. The highest BCUT2D eigenvalue weighted by atomic mass is 35.5. The van der Waals surface area contributed by atoms with Crippen molar-refractivity contribution < 1.29 is 0 Å². The van der Waals surface area contributed by atoms with Gasteiger partial charge in [0, 0.05) is 24.6 Å². The highest BCUT2D eigenvalue weighted by molar-refractivity contribution is 6.29. The van der Waals surface area contributed by atoms with Crippen LogP contribution in [0.15, 0.2) is 30.6 Å². The van der Waals surface area contributed by atoms with E-state index in [1.165, 1.54) is 0 Å². The number of rotatable bonds is 5. The lowest BCUT2D eigenvalue weighted by molar-refractivity contribution is 0.870. The van der Waals surface area contributed by atoms with E-state index in [1.807, 2.05) is 18.2 Å². The summed E-state index contributed by atoms with van der Waals surface area (Å²) < 4.78 is 0. The normalized spacial score (nSPS) is 10.3.